The minimum absolute atomic E-state index is 0.100. The predicted octanol–water partition coefficient (Wildman–Crippen LogP) is 3.36. The number of piperidine rings is 2. The van der Waals surface area contributed by atoms with Crippen molar-refractivity contribution in [2.24, 2.45) is 7.05 Å². The molecular weight excluding hydrogens is 674 g/mol. The maximum atomic E-state index is 13.4. The van der Waals surface area contributed by atoms with Gasteiger partial charge in [0, 0.05) is 76.0 Å². The van der Waals surface area contributed by atoms with Gasteiger partial charge in [0.2, 0.25) is 17.7 Å². The third kappa shape index (κ3) is 7.91. The number of fused-ring (bicyclic) bond motifs is 1. The summed E-state index contributed by atoms with van der Waals surface area (Å²) in [4.78, 5) is 60.4. The minimum atomic E-state index is -0.396. The van der Waals surface area contributed by atoms with Gasteiger partial charge in [0.1, 0.15) is 17.5 Å². The van der Waals surface area contributed by atoms with Crippen molar-refractivity contribution in [3.05, 3.63) is 82.5 Å². The number of aromatic nitrogens is 2. The number of hydrogen-bond acceptors (Lipinski definition) is 10. The molecule has 2 aromatic carbocycles. The molecule has 4 aromatic rings. The van der Waals surface area contributed by atoms with E-state index in [1.807, 2.05) is 41.4 Å². The van der Waals surface area contributed by atoms with Gasteiger partial charge < -0.3 is 24.3 Å². The second-order valence-corrected chi connectivity index (χ2v) is 14.2. The number of pyridine rings is 2. The van der Waals surface area contributed by atoms with Gasteiger partial charge in [-0.3, -0.25) is 39.3 Å². The highest BCUT2D eigenvalue weighted by Crippen LogP contribution is 2.38. The molecule has 3 saturated heterocycles. The summed E-state index contributed by atoms with van der Waals surface area (Å²) >= 11 is 0. The fourth-order valence-electron chi connectivity index (χ4n) is 7.82. The van der Waals surface area contributed by atoms with Crippen molar-refractivity contribution in [3.63, 3.8) is 0 Å². The van der Waals surface area contributed by atoms with Gasteiger partial charge in [0.05, 0.1) is 31.7 Å². The maximum absolute atomic E-state index is 13.4. The number of anilines is 1. The first kappa shape index (κ1) is 36.1. The van der Waals surface area contributed by atoms with E-state index in [0.717, 1.165) is 66.8 Å². The predicted molar refractivity (Wildman–Crippen MR) is 202 cm³/mol. The lowest BCUT2D eigenvalue weighted by Gasteiger charge is -2.37. The van der Waals surface area contributed by atoms with Crippen LogP contribution in [0.15, 0.2) is 65.8 Å². The monoisotopic (exact) mass is 721 g/mol. The molecule has 2 N–H and O–H groups in total. The molecule has 3 aliphatic rings. The molecule has 0 aliphatic carbocycles. The van der Waals surface area contributed by atoms with Gasteiger partial charge in [0.15, 0.2) is 0 Å². The highest BCUT2D eigenvalue weighted by atomic mass is 16.5. The van der Waals surface area contributed by atoms with Crippen LogP contribution in [-0.2, 0) is 28.0 Å². The zero-order valence-corrected chi connectivity index (χ0v) is 30.6. The third-order valence-corrected chi connectivity index (χ3v) is 10.9. The molecule has 5 heterocycles. The van der Waals surface area contributed by atoms with Gasteiger partial charge >= 0.3 is 0 Å². The molecule has 13 heteroatoms. The van der Waals surface area contributed by atoms with Crippen LogP contribution in [0, 0.1) is 0 Å². The number of ether oxygens (including phenoxy) is 2. The number of methoxy groups -OCH3 is 2. The van der Waals surface area contributed by atoms with Crippen LogP contribution in [0.4, 0.5) is 5.69 Å². The number of nitrogens with zero attached hydrogens (tertiary/aromatic N) is 5. The Morgan fingerprint density at radius 3 is 2.25 bits per heavy atom. The molecule has 1 unspecified atom stereocenters. The van der Waals surface area contributed by atoms with Gasteiger partial charge in [-0.1, -0.05) is 12.1 Å². The van der Waals surface area contributed by atoms with E-state index < -0.39 is 6.04 Å². The summed E-state index contributed by atoms with van der Waals surface area (Å²) in [6.45, 7) is 5.60. The second-order valence-electron chi connectivity index (χ2n) is 14.2. The van der Waals surface area contributed by atoms with Crippen LogP contribution < -0.4 is 25.7 Å². The van der Waals surface area contributed by atoms with Crippen molar-refractivity contribution >= 4 is 34.2 Å². The number of carbonyl (C=O) groups excluding carboxylic acids is 3. The number of imide groups is 1. The Morgan fingerprint density at radius 2 is 1.58 bits per heavy atom. The molecule has 7 rings (SSSR count). The van der Waals surface area contributed by atoms with E-state index in [2.05, 4.69) is 37.6 Å². The molecule has 0 radical (unpaired) electrons. The normalized spacial score (nSPS) is 18.9. The summed E-state index contributed by atoms with van der Waals surface area (Å²) in [6.07, 6.45) is 7.94. The summed E-state index contributed by atoms with van der Waals surface area (Å²) in [7, 11) is 5.05. The summed E-state index contributed by atoms with van der Waals surface area (Å²) in [5, 5.41) is 7.00. The topological polar surface area (TPSA) is 138 Å². The molecule has 0 spiro atoms. The number of aryl methyl sites for hydroxylation is 1. The highest BCUT2D eigenvalue weighted by molar-refractivity contribution is 6.01. The van der Waals surface area contributed by atoms with Gasteiger partial charge in [-0.05, 0) is 85.1 Å². The minimum Gasteiger partial charge on any atom is -0.496 e. The van der Waals surface area contributed by atoms with E-state index in [-0.39, 0.29) is 23.3 Å². The van der Waals surface area contributed by atoms with E-state index in [1.165, 1.54) is 5.56 Å². The van der Waals surface area contributed by atoms with Crippen LogP contribution in [0.2, 0.25) is 0 Å². The quantitative estimate of drug-likeness (QED) is 0.235. The largest absolute Gasteiger partial charge is 0.496 e. The van der Waals surface area contributed by atoms with Gasteiger partial charge in [0.25, 0.3) is 5.56 Å². The molecular formula is C40H47N7O6. The number of carbonyl (C=O) groups is 3. The van der Waals surface area contributed by atoms with Crippen molar-refractivity contribution in [2.45, 2.75) is 44.2 Å². The molecule has 3 fully saturated rings. The number of rotatable bonds is 10. The average Bonchev–Trinajstić information content (AvgIpc) is 3.18. The first-order valence-electron chi connectivity index (χ1n) is 18.3. The number of hydrogen-bond donors (Lipinski definition) is 2. The number of benzene rings is 2. The molecule has 278 valence electrons. The van der Waals surface area contributed by atoms with Crippen LogP contribution in [-0.4, -0.2) is 108 Å². The van der Waals surface area contributed by atoms with Crippen molar-refractivity contribution in [1.29, 1.82) is 0 Å². The molecule has 0 saturated carbocycles. The zero-order valence-electron chi connectivity index (χ0n) is 30.6. The van der Waals surface area contributed by atoms with Gasteiger partial charge in [-0.15, -0.1) is 0 Å². The van der Waals surface area contributed by atoms with Gasteiger partial charge in [-0.2, -0.15) is 0 Å². The van der Waals surface area contributed by atoms with E-state index >= 15 is 0 Å². The lowest BCUT2D eigenvalue weighted by Crippen LogP contribution is -2.51. The molecule has 53 heavy (non-hydrogen) atoms. The Labute approximate surface area is 308 Å². The smallest absolute Gasteiger partial charge is 0.259 e. The molecule has 3 amide bonds. The van der Waals surface area contributed by atoms with Crippen molar-refractivity contribution in [1.82, 2.24) is 29.6 Å². The molecule has 1 atom stereocenters. The average molecular weight is 722 g/mol. The molecule has 3 aliphatic heterocycles. The number of amides is 3. The van der Waals surface area contributed by atoms with E-state index in [9.17, 15) is 19.2 Å². The van der Waals surface area contributed by atoms with E-state index in [4.69, 9.17) is 9.47 Å². The molecule has 2 aromatic heterocycles. The standard InChI is InChI=1S/C40H47N7O6/c1-44-23-32(30-10-13-41-22-31(30)40(44)51)28-20-35(52-2)33(36(21-28)53-3)24-46-16-18-47(19-17-46)38(49)25-45-14-11-27(12-15-45)26-4-6-29(7-5-26)42-34-8-9-37(48)43-39(34)50/h4-7,10,13,20-23,27,34,42H,8-9,11-12,14-19,24-25H2,1-3H3,(H,43,48,50). The lowest BCUT2D eigenvalue weighted by molar-refractivity contribution is -0.135. The zero-order chi connectivity index (χ0) is 37.1. The summed E-state index contributed by atoms with van der Waals surface area (Å²) in [6, 6.07) is 13.7. The molecule has 0 bridgehead atoms. The fraction of sp³-hybridized carbons (Fsp3) is 0.425. The SMILES string of the molecule is COc1cc(-c2cn(C)c(=O)c3cnccc23)cc(OC)c1CN1CCN(C(=O)CN2CCC(c3ccc(NC4CCC(=O)NC4=O)cc3)CC2)CC1. The van der Waals surface area contributed by atoms with Crippen LogP contribution in [0.1, 0.15) is 42.7 Å². The van der Waals surface area contributed by atoms with Crippen molar-refractivity contribution < 1.29 is 23.9 Å². The Hall–Kier alpha value is -5.27. The third-order valence-electron chi connectivity index (χ3n) is 10.9. The van der Waals surface area contributed by atoms with Crippen LogP contribution in [0.5, 0.6) is 11.5 Å². The summed E-state index contributed by atoms with van der Waals surface area (Å²) < 4.78 is 13.4. The van der Waals surface area contributed by atoms with Crippen molar-refractivity contribution in [2.75, 3.05) is 65.3 Å². The highest BCUT2D eigenvalue weighted by Gasteiger charge is 2.29. The Bertz CT molecular complexity index is 2020. The van der Waals surface area contributed by atoms with E-state index in [0.29, 0.717) is 61.8 Å². The maximum Gasteiger partial charge on any atom is 0.259 e. The number of likely N-dealkylation sites (tertiary alicyclic amines) is 1. The second kappa shape index (κ2) is 15.8. The van der Waals surface area contributed by atoms with E-state index in [1.54, 1.807) is 38.2 Å². The summed E-state index contributed by atoms with van der Waals surface area (Å²) in [5.41, 5.74) is 4.74. The van der Waals surface area contributed by atoms with Gasteiger partial charge in [-0.25, -0.2) is 0 Å². The Morgan fingerprint density at radius 1 is 0.887 bits per heavy atom. The number of nitrogens with one attached hydrogen (secondary N) is 2. The molecule has 13 nitrogen and oxygen atoms in total. The fourth-order valence-corrected chi connectivity index (χ4v) is 7.82. The van der Waals surface area contributed by atoms with Crippen LogP contribution in [0.3, 0.4) is 0 Å². The van der Waals surface area contributed by atoms with Crippen molar-refractivity contribution in [3.8, 4) is 22.6 Å². The first-order chi connectivity index (χ1) is 25.7. The number of piperazine rings is 1. The van der Waals surface area contributed by atoms with Crippen LogP contribution in [0.25, 0.3) is 21.9 Å². The Kier molecular flexibility index (Phi) is 10.7. The lowest BCUT2D eigenvalue weighted by atomic mass is 9.89. The Balaban J connectivity index is 0.907. The first-order valence-corrected chi connectivity index (χ1v) is 18.3. The summed E-state index contributed by atoms with van der Waals surface area (Å²) in [5.74, 6) is 1.52. The van der Waals surface area contributed by atoms with Crippen LogP contribution >= 0.6 is 0 Å².